The van der Waals surface area contributed by atoms with Crippen LogP contribution in [-0.4, -0.2) is 11.1 Å². The summed E-state index contributed by atoms with van der Waals surface area (Å²) in [5, 5.41) is 9.06. The number of carboxylic acid groups (broad SMARTS) is 1. The summed E-state index contributed by atoms with van der Waals surface area (Å²) in [5.41, 5.74) is 1.83. The van der Waals surface area contributed by atoms with E-state index in [1.54, 1.807) is 13.8 Å². The van der Waals surface area contributed by atoms with E-state index in [0.29, 0.717) is 6.42 Å². The highest BCUT2D eigenvalue weighted by atomic mass is 16.4. The second kappa shape index (κ2) is 3.93. The molecule has 2 rings (SSSR count). The second-order valence-corrected chi connectivity index (χ2v) is 5.38. The van der Waals surface area contributed by atoms with Crippen LogP contribution in [0.25, 0.3) is 0 Å². The molecule has 1 aliphatic carbocycles. The Labute approximate surface area is 96.3 Å². The third kappa shape index (κ3) is 2.43. The minimum Gasteiger partial charge on any atom is -0.481 e. The van der Waals surface area contributed by atoms with E-state index >= 15 is 0 Å². The fourth-order valence-corrected chi connectivity index (χ4v) is 1.91. The van der Waals surface area contributed by atoms with Gasteiger partial charge in [0.15, 0.2) is 0 Å². The minimum atomic E-state index is -0.737. The summed E-state index contributed by atoms with van der Waals surface area (Å²) in [5.74, 6) is 0.0281. The molecule has 0 heterocycles. The van der Waals surface area contributed by atoms with Crippen LogP contribution in [0.5, 0.6) is 0 Å². The van der Waals surface area contributed by atoms with Gasteiger partial charge in [-0.2, -0.15) is 0 Å². The molecule has 1 aromatic carbocycles. The summed E-state index contributed by atoms with van der Waals surface area (Å²) in [6.45, 7) is 3.54. The summed E-state index contributed by atoms with van der Waals surface area (Å²) < 4.78 is 0. The highest BCUT2D eigenvalue weighted by molar-refractivity contribution is 5.74. The molecule has 86 valence electrons. The summed E-state index contributed by atoms with van der Waals surface area (Å²) in [4.78, 5) is 11.0. The average Bonchev–Trinajstić information content (AvgIpc) is 3.01. The largest absolute Gasteiger partial charge is 0.481 e. The van der Waals surface area contributed by atoms with Gasteiger partial charge in [-0.1, -0.05) is 24.3 Å². The highest BCUT2D eigenvalue weighted by Crippen LogP contribution is 2.40. The fourth-order valence-electron chi connectivity index (χ4n) is 1.91. The molecule has 0 aliphatic heterocycles. The van der Waals surface area contributed by atoms with Crippen molar-refractivity contribution < 1.29 is 9.90 Å². The Kier molecular flexibility index (Phi) is 2.75. The van der Waals surface area contributed by atoms with E-state index in [0.717, 1.165) is 11.5 Å². The van der Waals surface area contributed by atoms with Gasteiger partial charge >= 0.3 is 5.97 Å². The Morgan fingerprint density at radius 2 is 1.88 bits per heavy atom. The van der Waals surface area contributed by atoms with Crippen molar-refractivity contribution in [3.63, 3.8) is 0 Å². The molecule has 0 radical (unpaired) electrons. The predicted molar refractivity (Wildman–Crippen MR) is 63.5 cm³/mol. The molecule has 0 unspecified atom stereocenters. The molecular formula is C14H18O2. The molecule has 1 aromatic rings. The van der Waals surface area contributed by atoms with Gasteiger partial charge in [-0.15, -0.1) is 0 Å². The van der Waals surface area contributed by atoms with Gasteiger partial charge in [-0.05, 0) is 50.2 Å². The van der Waals surface area contributed by atoms with Crippen LogP contribution in [0.3, 0.4) is 0 Å². The number of carboxylic acids is 1. The molecule has 1 N–H and O–H groups in total. The Morgan fingerprint density at radius 3 is 2.31 bits per heavy atom. The lowest BCUT2D eigenvalue weighted by atomic mass is 9.85. The molecule has 0 saturated heterocycles. The maximum Gasteiger partial charge on any atom is 0.309 e. The highest BCUT2D eigenvalue weighted by Gasteiger charge is 2.28. The van der Waals surface area contributed by atoms with Crippen LogP contribution in [0.4, 0.5) is 0 Å². The lowest BCUT2D eigenvalue weighted by Gasteiger charge is -2.19. The van der Waals surface area contributed by atoms with Crippen molar-refractivity contribution in [3.8, 4) is 0 Å². The molecule has 1 saturated carbocycles. The van der Waals surface area contributed by atoms with Crippen LogP contribution < -0.4 is 0 Å². The minimum absolute atomic E-state index is 0.591. The van der Waals surface area contributed by atoms with Gasteiger partial charge in [-0.3, -0.25) is 4.79 Å². The molecule has 16 heavy (non-hydrogen) atoms. The van der Waals surface area contributed by atoms with Crippen molar-refractivity contribution in [1.82, 2.24) is 0 Å². The third-order valence-corrected chi connectivity index (χ3v) is 3.25. The summed E-state index contributed by atoms with van der Waals surface area (Å²) in [6.07, 6.45) is 3.20. The maximum atomic E-state index is 11.0. The van der Waals surface area contributed by atoms with Crippen molar-refractivity contribution in [2.24, 2.45) is 5.41 Å². The number of benzene rings is 1. The van der Waals surface area contributed by atoms with Gasteiger partial charge < -0.3 is 5.11 Å². The molecule has 1 fully saturated rings. The first-order valence-corrected chi connectivity index (χ1v) is 5.81. The normalized spacial score (nSPS) is 16.1. The van der Waals surface area contributed by atoms with E-state index < -0.39 is 11.4 Å². The zero-order chi connectivity index (χ0) is 11.8. The van der Waals surface area contributed by atoms with Gasteiger partial charge in [0.1, 0.15) is 0 Å². The smallest absolute Gasteiger partial charge is 0.309 e. The Bertz CT molecular complexity index is 386. The van der Waals surface area contributed by atoms with Gasteiger partial charge in [-0.25, -0.2) is 0 Å². The molecular weight excluding hydrogens is 200 g/mol. The van der Waals surface area contributed by atoms with E-state index in [1.807, 2.05) is 0 Å². The van der Waals surface area contributed by atoms with Crippen molar-refractivity contribution >= 4 is 5.97 Å². The summed E-state index contributed by atoms with van der Waals surface area (Å²) in [7, 11) is 0. The van der Waals surface area contributed by atoms with Crippen molar-refractivity contribution in [3.05, 3.63) is 35.4 Å². The van der Waals surface area contributed by atoms with Crippen LogP contribution in [0, 0.1) is 5.41 Å². The average molecular weight is 218 g/mol. The van der Waals surface area contributed by atoms with Crippen LogP contribution in [0.15, 0.2) is 24.3 Å². The van der Waals surface area contributed by atoms with E-state index in [2.05, 4.69) is 24.3 Å². The van der Waals surface area contributed by atoms with Gasteiger partial charge in [0.2, 0.25) is 0 Å². The van der Waals surface area contributed by atoms with Crippen molar-refractivity contribution in [1.29, 1.82) is 0 Å². The fraction of sp³-hybridized carbons (Fsp3) is 0.500. The van der Waals surface area contributed by atoms with Gasteiger partial charge in [0, 0.05) is 0 Å². The summed E-state index contributed by atoms with van der Waals surface area (Å²) in [6, 6.07) is 8.42. The predicted octanol–water partition coefficient (Wildman–Crippen LogP) is 3.22. The van der Waals surface area contributed by atoms with Crippen LogP contribution in [-0.2, 0) is 11.2 Å². The zero-order valence-electron chi connectivity index (χ0n) is 9.86. The number of rotatable bonds is 4. The van der Waals surface area contributed by atoms with E-state index in [1.165, 1.54) is 18.4 Å². The first-order chi connectivity index (χ1) is 7.49. The molecule has 1 aliphatic rings. The number of carbonyl (C=O) groups is 1. The van der Waals surface area contributed by atoms with Gasteiger partial charge in [0.05, 0.1) is 5.41 Å². The number of aliphatic carboxylic acids is 1. The second-order valence-electron chi connectivity index (χ2n) is 5.38. The van der Waals surface area contributed by atoms with Crippen LogP contribution >= 0.6 is 0 Å². The lowest BCUT2D eigenvalue weighted by molar-refractivity contribution is -0.146. The van der Waals surface area contributed by atoms with Crippen LogP contribution in [0.1, 0.15) is 43.7 Å². The van der Waals surface area contributed by atoms with E-state index in [9.17, 15) is 4.79 Å². The maximum absolute atomic E-state index is 11.0. The first-order valence-electron chi connectivity index (χ1n) is 5.81. The first kappa shape index (κ1) is 11.2. The molecule has 0 amide bonds. The topological polar surface area (TPSA) is 37.3 Å². The quantitative estimate of drug-likeness (QED) is 0.842. The standard InChI is InChI=1S/C14H18O2/c1-14(2,13(15)16)9-10-3-5-11(6-4-10)12-7-8-12/h3-6,12H,7-9H2,1-2H3,(H,15,16). The SMILES string of the molecule is CC(C)(Cc1ccc(C2CC2)cc1)C(=O)O. The molecule has 0 atom stereocenters. The number of hydrogen-bond acceptors (Lipinski definition) is 1. The van der Waals surface area contributed by atoms with E-state index in [4.69, 9.17) is 5.11 Å². The summed E-state index contributed by atoms with van der Waals surface area (Å²) >= 11 is 0. The third-order valence-electron chi connectivity index (χ3n) is 3.25. The molecule has 2 heteroatoms. The van der Waals surface area contributed by atoms with Crippen LogP contribution in [0.2, 0.25) is 0 Å². The Balaban J connectivity index is 2.07. The van der Waals surface area contributed by atoms with Gasteiger partial charge in [0.25, 0.3) is 0 Å². The lowest BCUT2D eigenvalue weighted by Crippen LogP contribution is -2.26. The molecule has 0 spiro atoms. The Hall–Kier alpha value is -1.31. The number of hydrogen-bond donors (Lipinski definition) is 1. The molecule has 0 aromatic heterocycles. The molecule has 0 bridgehead atoms. The van der Waals surface area contributed by atoms with E-state index in [-0.39, 0.29) is 0 Å². The Morgan fingerprint density at radius 1 is 1.31 bits per heavy atom. The molecule has 2 nitrogen and oxygen atoms in total. The zero-order valence-corrected chi connectivity index (χ0v) is 9.86. The monoisotopic (exact) mass is 218 g/mol. The van der Waals surface area contributed by atoms with Crippen molar-refractivity contribution in [2.75, 3.05) is 0 Å². The van der Waals surface area contributed by atoms with Crippen molar-refractivity contribution in [2.45, 2.75) is 39.0 Å².